The Labute approximate surface area is 298 Å². The summed E-state index contributed by atoms with van der Waals surface area (Å²) in [4.78, 5) is 74.8. The van der Waals surface area contributed by atoms with Gasteiger partial charge in [0.2, 0.25) is 0 Å². The fraction of sp³-hybridized carbons (Fsp3) is 0.538. The van der Waals surface area contributed by atoms with Crippen LogP contribution in [0.4, 0.5) is 0 Å². The summed E-state index contributed by atoms with van der Waals surface area (Å²) >= 11 is 0. The maximum atomic E-state index is 12.6. The molecule has 2 aliphatic rings. The van der Waals surface area contributed by atoms with Crippen LogP contribution in [0.3, 0.4) is 0 Å². The quantitative estimate of drug-likeness (QED) is 0.148. The van der Waals surface area contributed by atoms with Gasteiger partial charge in [0.1, 0.15) is 38.1 Å². The maximum Gasteiger partial charge on any atom is 0.338 e. The van der Waals surface area contributed by atoms with Gasteiger partial charge in [-0.1, -0.05) is 38.5 Å². The Balaban J connectivity index is 1.13. The molecule has 2 aromatic rings. The molecule has 2 aromatic carbocycles. The van der Waals surface area contributed by atoms with Gasteiger partial charge in [0.25, 0.3) is 0 Å². The first kappa shape index (κ1) is 39.1. The van der Waals surface area contributed by atoms with Gasteiger partial charge in [-0.25, -0.2) is 19.2 Å². The number of hydrogen-bond donors (Lipinski definition) is 0. The molecule has 0 bridgehead atoms. The number of rotatable bonds is 15. The first-order chi connectivity index (χ1) is 24.5. The fourth-order valence-corrected chi connectivity index (χ4v) is 5.93. The van der Waals surface area contributed by atoms with Crippen LogP contribution in [-0.2, 0) is 38.0 Å². The largest absolute Gasteiger partial charge is 0.462 e. The van der Waals surface area contributed by atoms with E-state index in [2.05, 4.69) is 0 Å². The first-order valence-electron chi connectivity index (χ1n) is 17.8. The molecule has 3 unspecified atom stereocenters. The predicted octanol–water partition coefficient (Wildman–Crippen LogP) is 6.43. The molecule has 2 aliphatic carbocycles. The van der Waals surface area contributed by atoms with E-state index in [1.165, 1.54) is 48.5 Å². The van der Waals surface area contributed by atoms with Crippen molar-refractivity contribution < 1.29 is 57.2 Å². The highest BCUT2D eigenvalue weighted by atomic mass is 16.6. The van der Waals surface area contributed by atoms with Crippen molar-refractivity contribution in [2.75, 3.05) is 19.8 Å². The van der Waals surface area contributed by atoms with Crippen LogP contribution in [0.1, 0.15) is 126 Å². The van der Waals surface area contributed by atoms with E-state index in [-0.39, 0.29) is 65.8 Å². The molecule has 2 fully saturated rings. The zero-order valence-corrected chi connectivity index (χ0v) is 29.6. The van der Waals surface area contributed by atoms with E-state index < -0.39 is 42.2 Å². The Kier molecular flexibility index (Phi) is 15.0. The zero-order chi connectivity index (χ0) is 36.8. The van der Waals surface area contributed by atoms with Crippen molar-refractivity contribution in [2.24, 2.45) is 11.8 Å². The second-order valence-corrected chi connectivity index (χ2v) is 13.3. The summed E-state index contributed by atoms with van der Waals surface area (Å²) in [5.41, 5.74) is 0.782. The Bertz CT molecular complexity index is 1490. The van der Waals surface area contributed by atoms with E-state index in [1.807, 2.05) is 0 Å². The summed E-state index contributed by atoms with van der Waals surface area (Å²) in [7, 11) is 0. The molecule has 0 aliphatic heterocycles. The lowest BCUT2D eigenvalue weighted by molar-refractivity contribution is -0.156. The van der Waals surface area contributed by atoms with Crippen LogP contribution in [-0.4, -0.2) is 73.9 Å². The molecule has 0 heterocycles. The minimum Gasteiger partial charge on any atom is -0.462 e. The van der Waals surface area contributed by atoms with Crippen molar-refractivity contribution >= 4 is 35.8 Å². The maximum absolute atomic E-state index is 12.6. The van der Waals surface area contributed by atoms with E-state index in [4.69, 9.17) is 28.4 Å². The van der Waals surface area contributed by atoms with Crippen LogP contribution in [0.2, 0.25) is 0 Å². The SMILES string of the molecule is CC(COC(=O)c1ccc(C(=O)OC(C)COC(=O)C2CCCCC2)cc1)OC(=O)c1ccc(C(=O)OCC(C)OC(=O)C2CCCCC2)cc1. The van der Waals surface area contributed by atoms with Crippen molar-refractivity contribution in [1.29, 1.82) is 0 Å². The van der Waals surface area contributed by atoms with Gasteiger partial charge >= 0.3 is 35.8 Å². The molecule has 12 nitrogen and oxygen atoms in total. The van der Waals surface area contributed by atoms with E-state index in [0.29, 0.717) is 0 Å². The highest BCUT2D eigenvalue weighted by molar-refractivity contribution is 5.94. The van der Waals surface area contributed by atoms with Crippen molar-refractivity contribution in [2.45, 2.75) is 103 Å². The number of ether oxygens (including phenoxy) is 6. The van der Waals surface area contributed by atoms with Gasteiger partial charge < -0.3 is 28.4 Å². The molecule has 0 aromatic heterocycles. The average molecular weight is 709 g/mol. The lowest BCUT2D eigenvalue weighted by Crippen LogP contribution is -2.27. The van der Waals surface area contributed by atoms with E-state index in [1.54, 1.807) is 20.8 Å². The van der Waals surface area contributed by atoms with E-state index in [0.717, 1.165) is 64.2 Å². The Morgan fingerprint density at radius 3 is 1.16 bits per heavy atom. The number of carbonyl (C=O) groups excluding carboxylic acids is 6. The minimum atomic E-state index is -0.785. The summed E-state index contributed by atoms with van der Waals surface area (Å²) in [6.07, 6.45) is 7.61. The highest BCUT2D eigenvalue weighted by Gasteiger charge is 2.26. The molecule has 276 valence electrons. The Morgan fingerprint density at radius 2 is 0.765 bits per heavy atom. The predicted molar refractivity (Wildman–Crippen MR) is 183 cm³/mol. The van der Waals surface area contributed by atoms with Crippen molar-refractivity contribution in [1.82, 2.24) is 0 Å². The molecular weight excluding hydrogens is 660 g/mol. The molecule has 4 rings (SSSR count). The molecular formula is C39H48O12. The molecule has 0 saturated heterocycles. The second-order valence-electron chi connectivity index (χ2n) is 13.3. The number of benzene rings is 2. The number of carbonyl (C=O) groups is 6. The normalized spacial score (nSPS) is 16.8. The topological polar surface area (TPSA) is 158 Å². The summed E-state index contributed by atoms with van der Waals surface area (Å²) in [6, 6.07) is 11.4. The number of esters is 6. The molecule has 0 radical (unpaired) electrons. The molecule has 0 N–H and O–H groups in total. The first-order valence-corrected chi connectivity index (χ1v) is 17.8. The van der Waals surface area contributed by atoms with Gasteiger partial charge in [-0.3, -0.25) is 9.59 Å². The molecule has 12 heteroatoms. The third-order valence-corrected chi connectivity index (χ3v) is 8.88. The smallest absolute Gasteiger partial charge is 0.338 e. The van der Waals surface area contributed by atoms with Crippen molar-refractivity contribution in [3.8, 4) is 0 Å². The van der Waals surface area contributed by atoms with Crippen LogP contribution < -0.4 is 0 Å². The molecule has 51 heavy (non-hydrogen) atoms. The van der Waals surface area contributed by atoms with Crippen LogP contribution >= 0.6 is 0 Å². The van der Waals surface area contributed by atoms with Gasteiger partial charge in [-0.05, 0) is 95.0 Å². The summed E-state index contributed by atoms with van der Waals surface area (Å²) < 4.78 is 32.1. The monoisotopic (exact) mass is 708 g/mol. The van der Waals surface area contributed by atoms with E-state index >= 15 is 0 Å². The van der Waals surface area contributed by atoms with Gasteiger partial charge in [-0.2, -0.15) is 0 Å². The standard InChI is InChI=1S/C39H48O12/c1-25(49-37(43)29-12-8-5-9-13-29)23-47-35(41)30-14-20-33(21-15-30)39(45)51-27(3)24-48-36(42)31-16-18-32(19-17-31)38(44)50-26(2)22-46-34(40)28-10-6-4-7-11-28/h14-21,25-29H,4-13,22-24H2,1-3H3. The second kappa shape index (κ2) is 19.6. The van der Waals surface area contributed by atoms with E-state index in [9.17, 15) is 28.8 Å². The minimum absolute atomic E-state index is 0.0329. The van der Waals surface area contributed by atoms with Crippen LogP contribution in [0.15, 0.2) is 48.5 Å². The van der Waals surface area contributed by atoms with Crippen LogP contribution in [0.5, 0.6) is 0 Å². The number of hydrogen-bond acceptors (Lipinski definition) is 12. The van der Waals surface area contributed by atoms with Gasteiger partial charge in [0.15, 0.2) is 0 Å². The molecule has 2 saturated carbocycles. The Hall–Kier alpha value is -4.74. The zero-order valence-electron chi connectivity index (χ0n) is 29.6. The van der Waals surface area contributed by atoms with Crippen LogP contribution in [0, 0.1) is 11.8 Å². The Morgan fingerprint density at radius 1 is 0.451 bits per heavy atom. The third-order valence-electron chi connectivity index (χ3n) is 8.88. The molecule has 0 amide bonds. The fourth-order valence-electron chi connectivity index (χ4n) is 5.93. The van der Waals surface area contributed by atoms with Crippen molar-refractivity contribution in [3.05, 3.63) is 70.8 Å². The van der Waals surface area contributed by atoms with Gasteiger partial charge in [0.05, 0.1) is 34.1 Å². The molecule has 0 spiro atoms. The lowest BCUT2D eigenvalue weighted by Gasteiger charge is -2.22. The van der Waals surface area contributed by atoms with Gasteiger partial charge in [-0.15, -0.1) is 0 Å². The summed E-state index contributed by atoms with van der Waals surface area (Å²) in [5, 5.41) is 0. The summed E-state index contributed by atoms with van der Waals surface area (Å²) in [5.74, 6) is -3.29. The average Bonchev–Trinajstić information content (AvgIpc) is 3.15. The lowest BCUT2D eigenvalue weighted by atomic mass is 9.89. The van der Waals surface area contributed by atoms with Crippen LogP contribution in [0.25, 0.3) is 0 Å². The molecule has 3 atom stereocenters. The third kappa shape index (κ3) is 12.5. The highest BCUT2D eigenvalue weighted by Crippen LogP contribution is 2.26. The van der Waals surface area contributed by atoms with Gasteiger partial charge in [0, 0.05) is 0 Å². The van der Waals surface area contributed by atoms with Crippen molar-refractivity contribution in [3.63, 3.8) is 0 Å². The summed E-state index contributed by atoms with van der Waals surface area (Å²) in [6.45, 7) is 4.52.